The van der Waals surface area contributed by atoms with E-state index in [9.17, 15) is 9.59 Å². The number of carbonyl (C=O) groups is 2. The third kappa shape index (κ3) is 2.41. The van der Waals surface area contributed by atoms with Gasteiger partial charge in [-0.15, -0.1) is 0 Å². The van der Waals surface area contributed by atoms with Crippen molar-refractivity contribution in [1.29, 1.82) is 0 Å². The van der Waals surface area contributed by atoms with Gasteiger partial charge in [0.25, 0.3) is 0 Å². The van der Waals surface area contributed by atoms with E-state index in [1.165, 1.54) is 6.92 Å². The predicted octanol–water partition coefficient (Wildman–Crippen LogP) is 0.897. The number of hydrogen-bond donors (Lipinski definition) is 3. The summed E-state index contributed by atoms with van der Waals surface area (Å²) < 4.78 is 4.35. The van der Waals surface area contributed by atoms with Crippen LogP contribution in [0.25, 0.3) is 0 Å². The van der Waals surface area contributed by atoms with Gasteiger partial charge in [0, 0.05) is 6.42 Å². The Kier molecular flexibility index (Phi) is 3.34. The molecule has 0 atom stereocenters. The van der Waals surface area contributed by atoms with Gasteiger partial charge in [0.1, 0.15) is 0 Å². The summed E-state index contributed by atoms with van der Waals surface area (Å²) in [6, 6.07) is 1.78. The molecule has 0 aliphatic heterocycles. The molecule has 0 spiro atoms. The average molecular weight is 226 g/mol. The number of benzene rings is 1. The highest BCUT2D eigenvalue weighted by Gasteiger charge is 2.16. The molecule has 6 nitrogen and oxygen atoms in total. The van der Waals surface area contributed by atoms with Crippen LogP contribution in [0.5, 0.6) is 17.2 Å². The number of phenolic OH excluding ortho intramolecular Hbond substituents is 3. The maximum absolute atomic E-state index is 11.3. The van der Waals surface area contributed by atoms with E-state index in [-0.39, 0.29) is 12.0 Å². The Morgan fingerprint density at radius 1 is 1.19 bits per heavy atom. The van der Waals surface area contributed by atoms with Crippen molar-refractivity contribution in [3.8, 4) is 17.2 Å². The largest absolute Gasteiger partial charge is 0.504 e. The van der Waals surface area contributed by atoms with Crippen LogP contribution in [0.3, 0.4) is 0 Å². The Morgan fingerprint density at radius 3 is 2.12 bits per heavy atom. The van der Waals surface area contributed by atoms with Crippen LogP contribution in [-0.4, -0.2) is 27.3 Å². The molecule has 0 heterocycles. The third-order valence-corrected chi connectivity index (χ3v) is 1.80. The van der Waals surface area contributed by atoms with E-state index in [1.54, 1.807) is 0 Å². The van der Waals surface area contributed by atoms with E-state index >= 15 is 0 Å². The van der Waals surface area contributed by atoms with Gasteiger partial charge in [0.15, 0.2) is 17.2 Å². The molecule has 1 rings (SSSR count). The van der Waals surface area contributed by atoms with Crippen LogP contribution < -0.4 is 0 Å². The van der Waals surface area contributed by atoms with E-state index in [0.717, 1.165) is 12.1 Å². The van der Waals surface area contributed by atoms with Gasteiger partial charge in [-0.05, 0) is 12.1 Å². The summed E-state index contributed by atoms with van der Waals surface area (Å²) in [5.41, 5.74) is -0.227. The van der Waals surface area contributed by atoms with E-state index < -0.39 is 29.2 Å². The van der Waals surface area contributed by atoms with E-state index in [2.05, 4.69) is 4.74 Å². The first-order chi connectivity index (χ1) is 7.45. The molecule has 0 aromatic heterocycles. The van der Waals surface area contributed by atoms with Gasteiger partial charge in [0.05, 0.1) is 5.56 Å². The molecule has 16 heavy (non-hydrogen) atoms. The maximum atomic E-state index is 11.3. The molecule has 3 N–H and O–H groups in total. The first-order valence-electron chi connectivity index (χ1n) is 4.45. The Balaban J connectivity index is 2.97. The first-order valence-corrected chi connectivity index (χ1v) is 4.45. The number of esters is 2. The monoisotopic (exact) mass is 226 g/mol. The van der Waals surface area contributed by atoms with Crippen molar-refractivity contribution in [3.05, 3.63) is 17.7 Å². The molecule has 0 radical (unpaired) electrons. The molecule has 0 unspecified atom stereocenters. The number of aromatic hydroxyl groups is 3. The SMILES string of the molecule is CCC(=O)OC(=O)c1cc(O)c(O)c(O)c1. The lowest BCUT2D eigenvalue weighted by atomic mass is 10.2. The average Bonchev–Trinajstić information content (AvgIpc) is 2.24. The summed E-state index contributed by atoms with van der Waals surface area (Å²) in [6.45, 7) is 1.52. The Morgan fingerprint density at radius 2 is 1.69 bits per heavy atom. The number of rotatable bonds is 2. The molecule has 1 aromatic carbocycles. The van der Waals surface area contributed by atoms with Gasteiger partial charge in [-0.25, -0.2) is 4.79 Å². The predicted molar refractivity (Wildman–Crippen MR) is 52.1 cm³/mol. The molecular formula is C10H10O6. The van der Waals surface area contributed by atoms with Gasteiger partial charge >= 0.3 is 11.9 Å². The standard InChI is InChI=1S/C10H10O6/c1-2-8(13)16-10(15)5-3-6(11)9(14)7(12)4-5/h3-4,11-12,14H,2H2,1H3. The smallest absolute Gasteiger partial charge is 0.346 e. The second-order valence-electron chi connectivity index (χ2n) is 2.98. The number of carbonyl (C=O) groups excluding carboxylic acids is 2. The zero-order chi connectivity index (χ0) is 12.3. The minimum absolute atomic E-state index is 0.0296. The molecular weight excluding hydrogens is 216 g/mol. The van der Waals surface area contributed by atoms with Crippen molar-refractivity contribution in [2.24, 2.45) is 0 Å². The lowest BCUT2D eigenvalue weighted by molar-refractivity contribution is -0.137. The second-order valence-corrected chi connectivity index (χ2v) is 2.98. The highest BCUT2D eigenvalue weighted by molar-refractivity contribution is 5.97. The van der Waals surface area contributed by atoms with E-state index in [1.807, 2.05) is 0 Å². The van der Waals surface area contributed by atoms with Crippen molar-refractivity contribution < 1.29 is 29.6 Å². The van der Waals surface area contributed by atoms with E-state index in [4.69, 9.17) is 15.3 Å². The van der Waals surface area contributed by atoms with Crippen LogP contribution in [0.4, 0.5) is 0 Å². The normalized spacial score (nSPS) is 9.81. The van der Waals surface area contributed by atoms with Crippen molar-refractivity contribution in [2.75, 3.05) is 0 Å². The van der Waals surface area contributed by atoms with Crippen LogP contribution in [0.15, 0.2) is 12.1 Å². The fraction of sp³-hybridized carbons (Fsp3) is 0.200. The van der Waals surface area contributed by atoms with Crippen molar-refractivity contribution in [3.63, 3.8) is 0 Å². The zero-order valence-electron chi connectivity index (χ0n) is 8.43. The summed E-state index contributed by atoms with van der Waals surface area (Å²) in [5.74, 6) is -3.81. The van der Waals surface area contributed by atoms with E-state index in [0.29, 0.717) is 0 Å². The van der Waals surface area contributed by atoms with Gasteiger partial charge in [-0.1, -0.05) is 6.92 Å². The van der Waals surface area contributed by atoms with Crippen LogP contribution in [-0.2, 0) is 9.53 Å². The van der Waals surface area contributed by atoms with Gasteiger partial charge in [0.2, 0.25) is 0 Å². The van der Waals surface area contributed by atoms with Crippen molar-refractivity contribution in [1.82, 2.24) is 0 Å². The molecule has 86 valence electrons. The van der Waals surface area contributed by atoms with Gasteiger partial charge < -0.3 is 20.1 Å². The van der Waals surface area contributed by atoms with Gasteiger partial charge in [-0.3, -0.25) is 4.79 Å². The van der Waals surface area contributed by atoms with Crippen molar-refractivity contribution >= 4 is 11.9 Å². The molecule has 0 saturated carbocycles. The summed E-state index contributed by atoms with van der Waals surface area (Å²) in [7, 11) is 0. The lowest BCUT2D eigenvalue weighted by Gasteiger charge is -2.04. The van der Waals surface area contributed by atoms with Crippen LogP contribution in [0, 0.1) is 0 Å². The Hall–Kier alpha value is -2.24. The molecule has 1 aromatic rings. The fourth-order valence-corrected chi connectivity index (χ4v) is 0.957. The molecule has 0 bridgehead atoms. The molecule has 0 aliphatic rings. The Bertz CT molecular complexity index is 414. The molecule has 6 heteroatoms. The van der Waals surface area contributed by atoms with Gasteiger partial charge in [-0.2, -0.15) is 0 Å². The first kappa shape index (κ1) is 11.8. The van der Waals surface area contributed by atoms with Crippen LogP contribution in [0.1, 0.15) is 23.7 Å². The lowest BCUT2D eigenvalue weighted by Crippen LogP contribution is -2.11. The summed E-state index contributed by atoms with van der Waals surface area (Å²) >= 11 is 0. The quantitative estimate of drug-likeness (QED) is 0.393. The topological polar surface area (TPSA) is 104 Å². The highest BCUT2D eigenvalue weighted by atomic mass is 16.6. The number of phenols is 3. The third-order valence-electron chi connectivity index (χ3n) is 1.80. The van der Waals surface area contributed by atoms with Crippen LogP contribution >= 0.6 is 0 Å². The number of ether oxygens (including phenoxy) is 1. The molecule has 0 amide bonds. The van der Waals surface area contributed by atoms with Crippen molar-refractivity contribution in [2.45, 2.75) is 13.3 Å². The summed E-state index contributed by atoms with van der Waals surface area (Å²) in [6.07, 6.45) is 0.0296. The highest BCUT2D eigenvalue weighted by Crippen LogP contribution is 2.35. The maximum Gasteiger partial charge on any atom is 0.346 e. The summed E-state index contributed by atoms with van der Waals surface area (Å²) in [4.78, 5) is 22.1. The number of hydrogen-bond acceptors (Lipinski definition) is 6. The Labute approximate surface area is 90.7 Å². The molecule has 0 fully saturated rings. The summed E-state index contributed by atoms with van der Waals surface area (Å²) in [5, 5.41) is 27.3. The molecule has 0 aliphatic carbocycles. The zero-order valence-corrected chi connectivity index (χ0v) is 8.43. The second kappa shape index (κ2) is 4.52. The minimum Gasteiger partial charge on any atom is -0.504 e. The van der Waals surface area contributed by atoms with Crippen LogP contribution in [0.2, 0.25) is 0 Å². The molecule has 0 saturated heterocycles. The minimum atomic E-state index is -1.00. The fourth-order valence-electron chi connectivity index (χ4n) is 0.957.